The lowest BCUT2D eigenvalue weighted by atomic mass is 10.1. The van der Waals surface area contributed by atoms with E-state index in [-0.39, 0.29) is 12.5 Å². The van der Waals surface area contributed by atoms with E-state index in [9.17, 15) is 4.79 Å². The van der Waals surface area contributed by atoms with Gasteiger partial charge in [-0.1, -0.05) is 53.7 Å². The zero-order valence-corrected chi connectivity index (χ0v) is 14.2. The van der Waals surface area contributed by atoms with E-state index in [1.165, 1.54) is 0 Å². The number of amides is 1. The van der Waals surface area contributed by atoms with Crippen LogP contribution >= 0.6 is 22.6 Å². The van der Waals surface area contributed by atoms with Crippen molar-refractivity contribution in [2.75, 3.05) is 5.32 Å². The number of anilines is 1. The number of aromatic nitrogens is 1. The van der Waals surface area contributed by atoms with Gasteiger partial charge in [-0.25, -0.2) is 4.79 Å². The van der Waals surface area contributed by atoms with Gasteiger partial charge in [-0.2, -0.15) is 0 Å². The van der Waals surface area contributed by atoms with Crippen LogP contribution in [0.5, 0.6) is 0 Å². The third-order valence-corrected chi connectivity index (χ3v) is 4.04. The van der Waals surface area contributed by atoms with Gasteiger partial charge in [0.1, 0.15) is 12.3 Å². The SMILES string of the molecule is O=C(Nc1cc(-c2ccccc2I)no1)OCc1ccccc1. The molecule has 0 radical (unpaired) electrons. The average Bonchev–Trinajstić information content (AvgIpc) is 3.02. The lowest BCUT2D eigenvalue weighted by Crippen LogP contribution is -2.12. The fraction of sp³-hybridized carbons (Fsp3) is 0.0588. The molecule has 0 saturated heterocycles. The summed E-state index contributed by atoms with van der Waals surface area (Å²) in [4.78, 5) is 11.8. The Kier molecular flexibility index (Phi) is 4.92. The van der Waals surface area contributed by atoms with Crippen LogP contribution in [0.3, 0.4) is 0 Å². The standard InChI is InChI=1S/C17H13IN2O3/c18-14-9-5-4-8-13(14)15-10-16(23-20-15)19-17(21)22-11-12-6-2-1-3-7-12/h1-10H,11H2,(H,19,21). The highest BCUT2D eigenvalue weighted by atomic mass is 127. The highest BCUT2D eigenvalue weighted by Crippen LogP contribution is 2.26. The van der Waals surface area contributed by atoms with E-state index in [1.807, 2.05) is 54.6 Å². The van der Waals surface area contributed by atoms with Crippen LogP contribution in [0.25, 0.3) is 11.3 Å². The molecule has 1 heterocycles. The maximum atomic E-state index is 11.8. The van der Waals surface area contributed by atoms with Gasteiger partial charge in [-0.3, -0.25) is 5.32 Å². The maximum absolute atomic E-state index is 11.8. The Labute approximate surface area is 146 Å². The van der Waals surface area contributed by atoms with Crippen molar-refractivity contribution in [1.29, 1.82) is 0 Å². The number of carbonyl (C=O) groups is 1. The minimum atomic E-state index is -0.584. The zero-order valence-electron chi connectivity index (χ0n) is 12.0. The fourth-order valence-electron chi connectivity index (χ4n) is 1.99. The fourth-order valence-corrected chi connectivity index (χ4v) is 2.65. The molecule has 0 atom stereocenters. The molecule has 3 aromatic rings. The summed E-state index contributed by atoms with van der Waals surface area (Å²) in [5, 5.41) is 6.50. The zero-order chi connectivity index (χ0) is 16.1. The molecule has 0 aliphatic rings. The number of rotatable bonds is 4. The minimum Gasteiger partial charge on any atom is -0.444 e. The van der Waals surface area contributed by atoms with Crippen molar-refractivity contribution < 1.29 is 14.1 Å². The van der Waals surface area contributed by atoms with Crippen molar-refractivity contribution in [1.82, 2.24) is 5.16 Å². The molecular weight excluding hydrogens is 407 g/mol. The molecule has 0 saturated carbocycles. The first-order valence-electron chi connectivity index (χ1n) is 6.92. The lowest BCUT2D eigenvalue weighted by Gasteiger charge is -2.04. The quantitative estimate of drug-likeness (QED) is 0.622. The smallest absolute Gasteiger partial charge is 0.414 e. The summed E-state index contributed by atoms with van der Waals surface area (Å²) >= 11 is 2.22. The molecule has 1 aromatic heterocycles. The first kappa shape index (κ1) is 15.5. The van der Waals surface area contributed by atoms with Crippen LogP contribution in [0.15, 0.2) is 65.2 Å². The molecule has 23 heavy (non-hydrogen) atoms. The third kappa shape index (κ3) is 4.10. The van der Waals surface area contributed by atoms with Crippen molar-refractivity contribution >= 4 is 34.6 Å². The van der Waals surface area contributed by atoms with Crippen LogP contribution in [0.1, 0.15) is 5.56 Å². The van der Waals surface area contributed by atoms with Crippen molar-refractivity contribution in [2.24, 2.45) is 0 Å². The number of halogens is 1. The van der Waals surface area contributed by atoms with Gasteiger partial charge in [-0.15, -0.1) is 0 Å². The number of nitrogens with zero attached hydrogens (tertiary/aromatic N) is 1. The number of benzene rings is 2. The summed E-state index contributed by atoms with van der Waals surface area (Å²) in [6.07, 6.45) is -0.584. The molecule has 1 amide bonds. The summed E-state index contributed by atoms with van der Waals surface area (Å²) in [7, 11) is 0. The molecule has 0 fully saturated rings. The molecule has 0 aliphatic heterocycles. The van der Waals surface area contributed by atoms with E-state index < -0.39 is 6.09 Å². The van der Waals surface area contributed by atoms with E-state index in [4.69, 9.17) is 9.26 Å². The second-order valence-corrected chi connectivity index (χ2v) is 5.91. The van der Waals surface area contributed by atoms with Crippen LogP contribution in [0.2, 0.25) is 0 Å². The van der Waals surface area contributed by atoms with E-state index >= 15 is 0 Å². The Morgan fingerprint density at radius 3 is 2.65 bits per heavy atom. The Morgan fingerprint density at radius 2 is 1.87 bits per heavy atom. The topological polar surface area (TPSA) is 64.4 Å². The molecular formula is C17H13IN2O3. The number of carbonyl (C=O) groups excluding carboxylic acids is 1. The molecule has 116 valence electrons. The second kappa shape index (κ2) is 7.28. The Bertz CT molecular complexity index is 802. The van der Waals surface area contributed by atoms with Crippen LogP contribution in [-0.4, -0.2) is 11.2 Å². The Morgan fingerprint density at radius 1 is 1.13 bits per heavy atom. The summed E-state index contributed by atoms with van der Waals surface area (Å²) in [6.45, 7) is 0.199. The van der Waals surface area contributed by atoms with Crippen molar-refractivity contribution in [2.45, 2.75) is 6.61 Å². The molecule has 3 rings (SSSR count). The van der Waals surface area contributed by atoms with E-state index in [0.29, 0.717) is 5.69 Å². The normalized spacial score (nSPS) is 10.3. The molecule has 5 nitrogen and oxygen atoms in total. The van der Waals surface area contributed by atoms with Crippen LogP contribution in [0.4, 0.5) is 10.7 Å². The van der Waals surface area contributed by atoms with Gasteiger partial charge in [0.25, 0.3) is 0 Å². The third-order valence-electron chi connectivity index (χ3n) is 3.10. The summed E-state index contributed by atoms with van der Waals surface area (Å²) in [5.41, 5.74) is 2.52. The van der Waals surface area contributed by atoms with Crippen molar-refractivity contribution in [3.8, 4) is 11.3 Å². The molecule has 0 bridgehead atoms. The van der Waals surface area contributed by atoms with Gasteiger partial charge in [0.15, 0.2) is 0 Å². The second-order valence-electron chi connectivity index (χ2n) is 4.74. The number of hydrogen-bond donors (Lipinski definition) is 1. The number of nitrogens with one attached hydrogen (secondary N) is 1. The van der Waals surface area contributed by atoms with E-state index in [2.05, 4.69) is 33.1 Å². The predicted molar refractivity (Wildman–Crippen MR) is 94.9 cm³/mol. The van der Waals surface area contributed by atoms with Crippen LogP contribution in [0, 0.1) is 3.57 Å². The van der Waals surface area contributed by atoms with Crippen molar-refractivity contribution in [3.63, 3.8) is 0 Å². The molecule has 6 heteroatoms. The van der Waals surface area contributed by atoms with Crippen LogP contribution < -0.4 is 5.32 Å². The highest BCUT2D eigenvalue weighted by molar-refractivity contribution is 14.1. The van der Waals surface area contributed by atoms with E-state index in [1.54, 1.807) is 6.07 Å². The van der Waals surface area contributed by atoms with Gasteiger partial charge >= 0.3 is 6.09 Å². The summed E-state index contributed by atoms with van der Waals surface area (Å²) < 4.78 is 11.3. The van der Waals surface area contributed by atoms with Gasteiger partial charge in [0, 0.05) is 15.2 Å². The summed E-state index contributed by atoms with van der Waals surface area (Å²) in [5.74, 6) is 0.248. The maximum Gasteiger partial charge on any atom is 0.414 e. The number of hydrogen-bond acceptors (Lipinski definition) is 4. The molecule has 0 spiro atoms. The predicted octanol–water partition coefficient (Wildman–Crippen LogP) is 4.69. The molecule has 1 N–H and O–H groups in total. The first-order chi connectivity index (χ1) is 11.2. The van der Waals surface area contributed by atoms with E-state index in [0.717, 1.165) is 14.7 Å². The monoisotopic (exact) mass is 420 g/mol. The van der Waals surface area contributed by atoms with Gasteiger partial charge < -0.3 is 9.26 Å². The van der Waals surface area contributed by atoms with Crippen molar-refractivity contribution in [3.05, 3.63) is 69.8 Å². The van der Waals surface area contributed by atoms with Crippen LogP contribution in [-0.2, 0) is 11.3 Å². The molecule has 2 aromatic carbocycles. The van der Waals surface area contributed by atoms with Gasteiger partial charge in [-0.05, 0) is 34.2 Å². The first-order valence-corrected chi connectivity index (χ1v) is 7.99. The average molecular weight is 420 g/mol. The van der Waals surface area contributed by atoms with Gasteiger partial charge in [0.2, 0.25) is 5.88 Å². The largest absolute Gasteiger partial charge is 0.444 e. The Hall–Kier alpha value is -2.35. The Balaban J connectivity index is 1.61. The highest BCUT2D eigenvalue weighted by Gasteiger charge is 2.12. The van der Waals surface area contributed by atoms with Gasteiger partial charge in [0.05, 0.1) is 0 Å². The lowest BCUT2D eigenvalue weighted by molar-refractivity contribution is 0.154. The molecule has 0 unspecified atom stereocenters. The molecule has 0 aliphatic carbocycles. The number of ether oxygens (including phenoxy) is 1. The summed E-state index contributed by atoms with van der Waals surface area (Å²) in [6, 6.07) is 18.9. The minimum absolute atomic E-state index is 0.199.